The van der Waals surface area contributed by atoms with Crippen LogP contribution in [0.2, 0.25) is 10.0 Å². The molecule has 7 nitrogen and oxygen atoms in total. The van der Waals surface area contributed by atoms with Crippen molar-refractivity contribution < 1.29 is 14.5 Å². The van der Waals surface area contributed by atoms with Crippen molar-refractivity contribution in [2.75, 3.05) is 36.5 Å². The summed E-state index contributed by atoms with van der Waals surface area (Å²) in [5.41, 5.74) is 1.22. The Morgan fingerprint density at radius 3 is 2.54 bits per heavy atom. The van der Waals surface area contributed by atoms with Gasteiger partial charge in [0.25, 0.3) is 11.6 Å². The topological polar surface area (TPSA) is 84.7 Å². The van der Waals surface area contributed by atoms with Crippen LogP contribution < -0.4 is 10.2 Å². The number of hydrogen-bond acceptors (Lipinski definition) is 5. The molecule has 0 aromatic heterocycles. The normalized spacial score (nSPS) is 14.2. The maximum atomic E-state index is 12.6. The van der Waals surface area contributed by atoms with Crippen LogP contribution in [0.15, 0.2) is 36.4 Å². The molecule has 1 heterocycles. The second-order valence-corrected chi connectivity index (χ2v) is 6.43. The zero-order chi connectivity index (χ0) is 18.7. The molecule has 1 N–H and O–H groups in total. The van der Waals surface area contributed by atoms with Gasteiger partial charge in [-0.3, -0.25) is 14.9 Å². The van der Waals surface area contributed by atoms with Crippen LogP contribution in [0.25, 0.3) is 0 Å². The van der Waals surface area contributed by atoms with E-state index in [1.54, 1.807) is 18.2 Å². The van der Waals surface area contributed by atoms with E-state index in [9.17, 15) is 14.9 Å². The van der Waals surface area contributed by atoms with Gasteiger partial charge in [0.2, 0.25) is 0 Å². The number of nitrogens with one attached hydrogen (secondary N) is 1. The maximum absolute atomic E-state index is 12.6. The predicted octanol–water partition coefficient (Wildman–Crippen LogP) is 3.99. The number of amides is 1. The average molecular weight is 396 g/mol. The minimum Gasteiger partial charge on any atom is -0.378 e. The molecule has 0 atom stereocenters. The quantitative estimate of drug-likeness (QED) is 0.624. The smallest absolute Gasteiger partial charge is 0.270 e. The van der Waals surface area contributed by atoms with Gasteiger partial charge in [-0.2, -0.15) is 0 Å². The fourth-order valence-electron chi connectivity index (χ4n) is 2.72. The van der Waals surface area contributed by atoms with Crippen molar-refractivity contribution in [3.05, 3.63) is 62.1 Å². The van der Waals surface area contributed by atoms with Crippen molar-refractivity contribution in [1.82, 2.24) is 0 Å². The monoisotopic (exact) mass is 395 g/mol. The molecule has 0 spiro atoms. The van der Waals surface area contributed by atoms with E-state index in [-0.39, 0.29) is 16.3 Å². The summed E-state index contributed by atoms with van der Waals surface area (Å²) in [6, 6.07) is 8.95. The molecule has 0 radical (unpaired) electrons. The SMILES string of the molecule is O=C(Nc1cccc(Cl)c1N1CCOCC1)c1ccc([N+](=O)[O-])cc1Cl. The number of nitrogens with zero attached hydrogens (tertiary/aromatic N) is 2. The number of nitro groups is 1. The van der Waals surface area contributed by atoms with E-state index in [0.29, 0.717) is 42.7 Å². The molecule has 1 amide bonds. The standard InChI is InChI=1S/C17H15Cl2N3O4/c18-13-2-1-3-15(16(13)21-6-8-26-9-7-21)20-17(23)12-5-4-11(22(24)25)10-14(12)19/h1-5,10H,6-9H2,(H,20,23). The van der Waals surface area contributed by atoms with Gasteiger partial charge < -0.3 is 15.0 Å². The second-order valence-electron chi connectivity index (χ2n) is 5.61. The number of anilines is 2. The zero-order valence-corrected chi connectivity index (χ0v) is 15.1. The van der Waals surface area contributed by atoms with Gasteiger partial charge in [0.05, 0.1) is 45.1 Å². The molecule has 3 rings (SSSR count). The van der Waals surface area contributed by atoms with Crippen LogP contribution in [0.3, 0.4) is 0 Å². The molecule has 1 saturated heterocycles. The van der Waals surface area contributed by atoms with Gasteiger partial charge in [0.1, 0.15) is 0 Å². The number of carbonyl (C=O) groups excluding carboxylic acids is 1. The number of ether oxygens (including phenoxy) is 1. The molecule has 2 aromatic rings. The number of rotatable bonds is 4. The summed E-state index contributed by atoms with van der Waals surface area (Å²) in [6.07, 6.45) is 0. The Morgan fingerprint density at radius 2 is 1.88 bits per heavy atom. The second kappa shape index (κ2) is 7.90. The van der Waals surface area contributed by atoms with Gasteiger partial charge in [-0.05, 0) is 18.2 Å². The van der Waals surface area contributed by atoms with Gasteiger partial charge in [0, 0.05) is 25.2 Å². The third-order valence-electron chi connectivity index (χ3n) is 3.97. The molecule has 9 heteroatoms. The van der Waals surface area contributed by atoms with Crippen LogP contribution in [0, 0.1) is 10.1 Å². The molecule has 2 aromatic carbocycles. The highest BCUT2D eigenvalue weighted by molar-refractivity contribution is 6.35. The summed E-state index contributed by atoms with van der Waals surface area (Å²) < 4.78 is 5.35. The minimum absolute atomic E-state index is 0.00616. The Balaban J connectivity index is 1.88. The van der Waals surface area contributed by atoms with Gasteiger partial charge in [0.15, 0.2) is 0 Å². The third kappa shape index (κ3) is 3.90. The summed E-state index contributed by atoms with van der Waals surface area (Å²) >= 11 is 12.4. The van der Waals surface area contributed by atoms with Crippen molar-refractivity contribution in [3.63, 3.8) is 0 Å². The van der Waals surface area contributed by atoms with Gasteiger partial charge >= 0.3 is 0 Å². The average Bonchev–Trinajstić information content (AvgIpc) is 2.62. The van der Waals surface area contributed by atoms with Crippen LogP contribution >= 0.6 is 23.2 Å². The molecule has 0 bridgehead atoms. The first-order valence-corrected chi connectivity index (χ1v) is 8.59. The Hall–Kier alpha value is -2.35. The molecule has 1 fully saturated rings. The predicted molar refractivity (Wildman–Crippen MR) is 101 cm³/mol. The van der Waals surface area contributed by atoms with Crippen LogP contribution in [0.5, 0.6) is 0 Å². The first-order valence-electron chi connectivity index (χ1n) is 7.84. The van der Waals surface area contributed by atoms with Gasteiger partial charge in [-0.25, -0.2) is 0 Å². The van der Waals surface area contributed by atoms with Crippen molar-refractivity contribution >= 4 is 46.2 Å². The lowest BCUT2D eigenvalue weighted by Gasteiger charge is -2.31. The Kier molecular flexibility index (Phi) is 5.61. The van der Waals surface area contributed by atoms with E-state index in [0.717, 1.165) is 6.07 Å². The molecular formula is C17H15Cl2N3O4. The summed E-state index contributed by atoms with van der Waals surface area (Å²) in [5.74, 6) is -0.471. The number of halogens is 2. The number of nitro benzene ring substituents is 1. The fraction of sp³-hybridized carbons (Fsp3) is 0.235. The van der Waals surface area contributed by atoms with Crippen LogP contribution in [0.1, 0.15) is 10.4 Å². The van der Waals surface area contributed by atoms with E-state index in [1.165, 1.54) is 12.1 Å². The molecule has 0 unspecified atom stereocenters. The molecule has 136 valence electrons. The van der Waals surface area contributed by atoms with Crippen molar-refractivity contribution in [2.45, 2.75) is 0 Å². The van der Waals surface area contributed by atoms with E-state index in [4.69, 9.17) is 27.9 Å². The number of morpholine rings is 1. The van der Waals surface area contributed by atoms with E-state index >= 15 is 0 Å². The number of non-ortho nitro benzene ring substituents is 1. The highest BCUT2D eigenvalue weighted by Gasteiger charge is 2.21. The summed E-state index contributed by atoms with van der Waals surface area (Å²) in [5, 5.41) is 14.1. The lowest BCUT2D eigenvalue weighted by atomic mass is 10.1. The minimum atomic E-state index is -0.568. The Bertz CT molecular complexity index is 854. The van der Waals surface area contributed by atoms with Crippen molar-refractivity contribution in [1.29, 1.82) is 0 Å². The number of hydrogen-bond donors (Lipinski definition) is 1. The zero-order valence-electron chi connectivity index (χ0n) is 13.6. The first-order chi connectivity index (χ1) is 12.5. The van der Waals surface area contributed by atoms with Crippen molar-refractivity contribution in [3.8, 4) is 0 Å². The lowest BCUT2D eigenvalue weighted by Crippen LogP contribution is -2.37. The number of benzene rings is 2. The third-order valence-corrected chi connectivity index (χ3v) is 4.59. The van der Waals surface area contributed by atoms with E-state index in [2.05, 4.69) is 5.32 Å². The van der Waals surface area contributed by atoms with Gasteiger partial charge in [-0.15, -0.1) is 0 Å². The molecule has 1 aliphatic heterocycles. The summed E-state index contributed by atoms with van der Waals surface area (Å²) in [6.45, 7) is 2.47. The highest BCUT2D eigenvalue weighted by atomic mass is 35.5. The molecular weight excluding hydrogens is 381 g/mol. The molecule has 26 heavy (non-hydrogen) atoms. The molecule has 0 aliphatic carbocycles. The Labute approximate surface area is 159 Å². The largest absolute Gasteiger partial charge is 0.378 e. The first kappa shape index (κ1) is 18.4. The van der Waals surface area contributed by atoms with Crippen LogP contribution in [-0.4, -0.2) is 37.1 Å². The number of para-hydroxylation sites is 1. The lowest BCUT2D eigenvalue weighted by molar-refractivity contribution is -0.384. The summed E-state index contributed by atoms with van der Waals surface area (Å²) in [7, 11) is 0. The van der Waals surface area contributed by atoms with Crippen molar-refractivity contribution in [2.24, 2.45) is 0 Å². The molecule has 1 aliphatic rings. The number of carbonyl (C=O) groups is 1. The van der Waals surface area contributed by atoms with Crippen LogP contribution in [0.4, 0.5) is 17.1 Å². The Morgan fingerprint density at radius 1 is 1.15 bits per heavy atom. The fourth-order valence-corrected chi connectivity index (χ4v) is 3.27. The van der Waals surface area contributed by atoms with Crippen LogP contribution in [-0.2, 0) is 4.74 Å². The molecule has 0 saturated carbocycles. The van der Waals surface area contributed by atoms with E-state index < -0.39 is 10.8 Å². The summed E-state index contributed by atoms with van der Waals surface area (Å²) in [4.78, 5) is 24.9. The highest BCUT2D eigenvalue weighted by Crippen LogP contribution is 2.35. The van der Waals surface area contributed by atoms with Gasteiger partial charge in [-0.1, -0.05) is 29.3 Å². The van der Waals surface area contributed by atoms with E-state index in [1.807, 2.05) is 4.90 Å². The maximum Gasteiger partial charge on any atom is 0.270 e.